The van der Waals surface area contributed by atoms with Gasteiger partial charge in [-0.3, -0.25) is 9.59 Å². The predicted octanol–water partition coefficient (Wildman–Crippen LogP) is 4.95. The Morgan fingerprint density at radius 1 is 1.19 bits per heavy atom. The number of halogens is 1. The summed E-state index contributed by atoms with van der Waals surface area (Å²) in [7, 11) is 0. The molecule has 0 saturated heterocycles. The number of nitrogens with zero attached hydrogens (tertiary/aromatic N) is 1. The highest BCUT2D eigenvalue weighted by molar-refractivity contribution is 7.12. The summed E-state index contributed by atoms with van der Waals surface area (Å²) in [5.41, 5.74) is 0.607. The van der Waals surface area contributed by atoms with Gasteiger partial charge in [-0.2, -0.15) is 0 Å². The van der Waals surface area contributed by atoms with Gasteiger partial charge in [-0.05, 0) is 55.3 Å². The van der Waals surface area contributed by atoms with Crippen LogP contribution in [-0.2, 0) is 9.53 Å². The zero-order chi connectivity index (χ0) is 22.1. The minimum Gasteiger partial charge on any atom is -0.382 e. The van der Waals surface area contributed by atoms with Gasteiger partial charge in [-0.25, -0.2) is 4.39 Å². The summed E-state index contributed by atoms with van der Waals surface area (Å²) in [6.07, 6.45) is 5.89. The Hall–Kier alpha value is -2.25. The fraction of sp³-hybridized carbons (Fsp3) is 0.500. The number of benzene rings is 1. The largest absolute Gasteiger partial charge is 0.382 e. The molecule has 1 fully saturated rings. The lowest BCUT2D eigenvalue weighted by atomic mass is 9.94. The second-order valence-corrected chi connectivity index (χ2v) is 8.77. The van der Waals surface area contributed by atoms with Crippen molar-refractivity contribution < 1.29 is 18.7 Å². The SMILES string of the molecule is CCOCCCN(C(=O)c1cccs1)[C@H](C(=O)NC1CCCCC1)c1ccc(F)cc1. The highest BCUT2D eigenvalue weighted by Gasteiger charge is 2.33. The standard InChI is InChI=1S/C24H31FN2O3S/c1-2-30-16-7-15-27(24(29)21-10-6-17-31-21)22(18-11-13-19(25)14-12-18)23(28)26-20-8-4-3-5-9-20/h6,10-14,17,20,22H,2-5,7-9,15-16H2,1H3,(H,26,28)/t22-/m0/s1. The molecule has 1 atom stereocenters. The molecule has 1 saturated carbocycles. The molecule has 1 aliphatic rings. The zero-order valence-corrected chi connectivity index (χ0v) is 18.8. The molecule has 31 heavy (non-hydrogen) atoms. The number of ether oxygens (including phenoxy) is 1. The summed E-state index contributed by atoms with van der Waals surface area (Å²) >= 11 is 1.35. The summed E-state index contributed by atoms with van der Waals surface area (Å²) < 4.78 is 19.1. The molecular weight excluding hydrogens is 415 g/mol. The number of carbonyl (C=O) groups excluding carboxylic acids is 2. The van der Waals surface area contributed by atoms with Crippen LogP contribution in [0.5, 0.6) is 0 Å². The van der Waals surface area contributed by atoms with Crippen LogP contribution in [0.1, 0.15) is 66.7 Å². The summed E-state index contributed by atoms with van der Waals surface area (Å²) in [4.78, 5) is 29.0. The molecule has 5 nitrogen and oxygen atoms in total. The molecule has 168 valence electrons. The van der Waals surface area contributed by atoms with Gasteiger partial charge >= 0.3 is 0 Å². The lowest BCUT2D eigenvalue weighted by molar-refractivity contribution is -0.127. The average molecular weight is 447 g/mol. The molecule has 1 aliphatic carbocycles. The van der Waals surface area contributed by atoms with Crippen molar-refractivity contribution in [2.24, 2.45) is 0 Å². The van der Waals surface area contributed by atoms with E-state index in [1.165, 1.54) is 29.9 Å². The monoisotopic (exact) mass is 446 g/mol. The number of thiophene rings is 1. The molecule has 0 spiro atoms. The molecule has 0 bridgehead atoms. The topological polar surface area (TPSA) is 58.6 Å². The first-order valence-corrected chi connectivity index (χ1v) is 12.0. The number of amides is 2. The van der Waals surface area contributed by atoms with Crippen molar-refractivity contribution in [2.45, 2.75) is 57.5 Å². The third-order valence-corrected chi connectivity index (χ3v) is 6.44. The van der Waals surface area contributed by atoms with Gasteiger partial charge < -0.3 is 15.0 Å². The van der Waals surface area contributed by atoms with Crippen LogP contribution in [0.15, 0.2) is 41.8 Å². The van der Waals surface area contributed by atoms with E-state index in [1.54, 1.807) is 23.1 Å². The molecule has 3 rings (SSSR count). The third-order valence-electron chi connectivity index (χ3n) is 5.58. The number of carbonyl (C=O) groups is 2. The van der Waals surface area contributed by atoms with E-state index in [9.17, 15) is 14.0 Å². The van der Waals surface area contributed by atoms with Crippen LogP contribution >= 0.6 is 11.3 Å². The predicted molar refractivity (Wildman–Crippen MR) is 121 cm³/mol. The Labute approximate surface area is 187 Å². The summed E-state index contributed by atoms with van der Waals surface area (Å²) in [6, 6.07) is 8.75. The first-order valence-electron chi connectivity index (χ1n) is 11.1. The molecule has 1 heterocycles. The molecular formula is C24H31FN2O3S. The average Bonchev–Trinajstić information content (AvgIpc) is 3.32. The second kappa shape index (κ2) is 12.0. The number of rotatable bonds is 10. The van der Waals surface area contributed by atoms with E-state index in [0.29, 0.717) is 36.6 Å². The molecule has 2 amide bonds. The highest BCUT2D eigenvalue weighted by Crippen LogP contribution is 2.27. The Morgan fingerprint density at radius 2 is 1.94 bits per heavy atom. The molecule has 1 aromatic carbocycles. The van der Waals surface area contributed by atoms with Crippen LogP contribution < -0.4 is 5.32 Å². The summed E-state index contributed by atoms with van der Waals surface area (Å²) in [5, 5.41) is 5.01. The van der Waals surface area contributed by atoms with Crippen molar-refractivity contribution in [1.82, 2.24) is 10.2 Å². The van der Waals surface area contributed by atoms with E-state index in [0.717, 1.165) is 25.7 Å². The van der Waals surface area contributed by atoms with E-state index in [1.807, 2.05) is 18.4 Å². The van der Waals surface area contributed by atoms with Gasteiger partial charge in [0, 0.05) is 25.8 Å². The van der Waals surface area contributed by atoms with Crippen molar-refractivity contribution in [3.05, 3.63) is 58.0 Å². The molecule has 2 aromatic rings. The van der Waals surface area contributed by atoms with Gasteiger partial charge in [0.25, 0.3) is 5.91 Å². The molecule has 0 aliphatic heterocycles. The number of nitrogens with one attached hydrogen (secondary N) is 1. The minimum absolute atomic E-state index is 0.117. The van der Waals surface area contributed by atoms with Gasteiger partial charge in [0.1, 0.15) is 11.9 Å². The lowest BCUT2D eigenvalue weighted by Gasteiger charge is -2.33. The van der Waals surface area contributed by atoms with Crippen LogP contribution in [0.4, 0.5) is 4.39 Å². The first kappa shape index (κ1) is 23.4. The minimum atomic E-state index is -0.821. The van der Waals surface area contributed by atoms with Crippen LogP contribution in [0, 0.1) is 5.82 Å². The van der Waals surface area contributed by atoms with E-state index in [-0.39, 0.29) is 23.7 Å². The summed E-state index contributed by atoms with van der Waals surface area (Å²) in [6.45, 7) is 3.40. The maximum atomic E-state index is 13.6. The normalized spacial score (nSPS) is 15.4. The summed E-state index contributed by atoms with van der Waals surface area (Å²) in [5.74, 6) is -0.776. The highest BCUT2D eigenvalue weighted by atomic mass is 32.1. The third kappa shape index (κ3) is 6.61. The lowest BCUT2D eigenvalue weighted by Crippen LogP contribution is -2.47. The fourth-order valence-electron chi connectivity index (χ4n) is 4.02. The molecule has 1 N–H and O–H groups in total. The maximum absolute atomic E-state index is 13.6. The quantitative estimate of drug-likeness (QED) is 0.526. The van der Waals surface area contributed by atoms with Crippen molar-refractivity contribution in [3.8, 4) is 0 Å². The Balaban J connectivity index is 1.89. The molecule has 7 heteroatoms. The molecule has 0 unspecified atom stereocenters. The smallest absolute Gasteiger partial charge is 0.264 e. The van der Waals surface area contributed by atoms with Gasteiger partial charge in [-0.1, -0.05) is 37.5 Å². The van der Waals surface area contributed by atoms with E-state index in [2.05, 4.69) is 5.32 Å². The van der Waals surface area contributed by atoms with Crippen LogP contribution in [0.2, 0.25) is 0 Å². The maximum Gasteiger partial charge on any atom is 0.264 e. The molecule has 0 radical (unpaired) electrons. The van der Waals surface area contributed by atoms with Crippen molar-refractivity contribution >= 4 is 23.2 Å². The van der Waals surface area contributed by atoms with Gasteiger partial charge in [0.15, 0.2) is 0 Å². The van der Waals surface area contributed by atoms with Crippen LogP contribution in [-0.4, -0.2) is 42.5 Å². The van der Waals surface area contributed by atoms with E-state index in [4.69, 9.17) is 4.74 Å². The van der Waals surface area contributed by atoms with Crippen LogP contribution in [0.3, 0.4) is 0 Å². The Morgan fingerprint density at radius 3 is 2.58 bits per heavy atom. The Kier molecular flexibility index (Phi) is 9.03. The van der Waals surface area contributed by atoms with Crippen LogP contribution in [0.25, 0.3) is 0 Å². The van der Waals surface area contributed by atoms with Gasteiger partial charge in [-0.15, -0.1) is 11.3 Å². The van der Waals surface area contributed by atoms with Crippen molar-refractivity contribution in [2.75, 3.05) is 19.8 Å². The van der Waals surface area contributed by atoms with E-state index < -0.39 is 6.04 Å². The first-order chi connectivity index (χ1) is 15.1. The van der Waals surface area contributed by atoms with E-state index >= 15 is 0 Å². The van der Waals surface area contributed by atoms with Crippen molar-refractivity contribution in [3.63, 3.8) is 0 Å². The fourth-order valence-corrected chi connectivity index (χ4v) is 4.69. The number of hydrogen-bond donors (Lipinski definition) is 1. The Bertz CT molecular complexity index is 820. The van der Waals surface area contributed by atoms with Gasteiger partial charge in [0.05, 0.1) is 4.88 Å². The van der Waals surface area contributed by atoms with Crippen molar-refractivity contribution in [1.29, 1.82) is 0 Å². The second-order valence-electron chi connectivity index (χ2n) is 7.82. The molecule has 1 aromatic heterocycles. The number of hydrogen-bond acceptors (Lipinski definition) is 4. The zero-order valence-electron chi connectivity index (χ0n) is 18.0. The van der Waals surface area contributed by atoms with Gasteiger partial charge in [0.2, 0.25) is 5.91 Å².